The second-order valence-corrected chi connectivity index (χ2v) is 7.91. The monoisotopic (exact) mass is 420 g/mol. The fraction of sp³-hybridized carbons (Fsp3) is 0.211. The van der Waals surface area contributed by atoms with Crippen molar-refractivity contribution >= 4 is 51.8 Å². The summed E-state index contributed by atoms with van der Waals surface area (Å²) in [7, 11) is 0. The third kappa shape index (κ3) is 3.83. The zero-order valence-corrected chi connectivity index (χ0v) is 16.5. The first-order valence-electron chi connectivity index (χ1n) is 8.40. The van der Waals surface area contributed by atoms with Crippen molar-refractivity contribution in [2.75, 3.05) is 0 Å². The van der Waals surface area contributed by atoms with E-state index in [0.717, 1.165) is 29.8 Å². The predicted molar refractivity (Wildman–Crippen MR) is 111 cm³/mol. The van der Waals surface area contributed by atoms with Crippen LogP contribution in [-0.4, -0.2) is 26.9 Å². The fourth-order valence-electron chi connectivity index (χ4n) is 2.89. The topological polar surface area (TPSA) is 42.5 Å². The number of halogens is 3. The number of hydrogen-bond donors (Lipinski definition) is 0. The van der Waals surface area contributed by atoms with Gasteiger partial charge >= 0.3 is 0 Å². The van der Waals surface area contributed by atoms with Crippen molar-refractivity contribution in [2.24, 2.45) is 4.99 Å². The maximum absolute atomic E-state index is 13.0. The van der Waals surface area contributed by atoms with Gasteiger partial charge in [-0.2, -0.15) is 5.10 Å². The standard InChI is InChI=1S/C19H15Cl2FN4S/c20-14-8-7-12(10-15(14)21)18-16(6-3-5-13-4-1-2-9-23-13)26-19(24-18)27-17(11-22)25-26/h1-3,6-10,13H,4-5,11H2/b6-3+. The average molecular weight is 421 g/mol. The molecule has 3 heterocycles. The van der Waals surface area contributed by atoms with Crippen molar-refractivity contribution in [3.8, 4) is 11.3 Å². The van der Waals surface area contributed by atoms with Crippen LogP contribution in [0.2, 0.25) is 10.0 Å². The summed E-state index contributed by atoms with van der Waals surface area (Å²) < 4.78 is 14.7. The summed E-state index contributed by atoms with van der Waals surface area (Å²) in [5.41, 5.74) is 2.36. The normalized spacial score (nSPS) is 16.8. The van der Waals surface area contributed by atoms with Crippen molar-refractivity contribution in [3.05, 3.63) is 57.2 Å². The van der Waals surface area contributed by atoms with Gasteiger partial charge in [-0.1, -0.05) is 52.8 Å². The Morgan fingerprint density at radius 1 is 1.30 bits per heavy atom. The number of aliphatic imine (C=N–C) groups is 1. The van der Waals surface area contributed by atoms with Gasteiger partial charge in [0, 0.05) is 11.8 Å². The molecule has 8 heteroatoms. The summed E-state index contributed by atoms with van der Waals surface area (Å²) >= 11 is 13.4. The molecular weight excluding hydrogens is 406 g/mol. The maximum Gasteiger partial charge on any atom is 0.213 e. The highest BCUT2D eigenvalue weighted by Gasteiger charge is 2.17. The van der Waals surface area contributed by atoms with Crippen molar-refractivity contribution in [1.82, 2.24) is 14.6 Å². The Morgan fingerprint density at radius 3 is 2.93 bits per heavy atom. The number of allylic oxidation sites excluding steroid dienone is 1. The molecule has 0 saturated heterocycles. The summed E-state index contributed by atoms with van der Waals surface area (Å²) in [6.07, 6.45) is 11.6. The van der Waals surface area contributed by atoms with Crippen LogP contribution < -0.4 is 0 Å². The summed E-state index contributed by atoms with van der Waals surface area (Å²) in [6.45, 7) is -0.609. The van der Waals surface area contributed by atoms with Gasteiger partial charge in [0.2, 0.25) is 4.96 Å². The first-order chi connectivity index (χ1) is 13.2. The van der Waals surface area contributed by atoms with Crippen LogP contribution in [0.4, 0.5) is 4.39 Å². The Balaban J connectivity index is 1.72. The van der Waals surface area contributed by atoms with E-state index in [1.807, 2.05) is 24.4 Å². The van der Waals surface area contributed by atoms with Crippen LogP contribution in [0.15, 0.2) is 41.4 Å². The first kappa shape index (κ1) is 18.3. The molecule has 0 bridgehead atoms. The van der Waals surface area contributed by atoms with Gasteiger partial charge in [0.1, 0.15) is 11.7 Å². The van der Waals surface area contributed by atoms with Gasteiger partial charge in [0.25, 0.3) is 0 Å². The minimum Gasteiger partial charge on any atom is -0.289 e. The molecule has 0 aliphatic carbocycles. The summed E-state index contributed by atoms with van der Waals surface area (Å²) in [4.78, 5) is 9.74. The second kappa shape index (κ2) is 7.92. The van der Waals surface area contributed by atoms with Gasteiger partial charge in [0.05, 0.1) is 27.5 Å². The van der Waals surface area contributed by atoms with Crippen LogP contribution >= 0.6 is 34.5 Å². The lowest BCUT2D eigenvalue weighted by molar-refractivity contribution is 0.479. The quantitative estimate of drug-likeness (QED) is 0.504. The van der Waals surface area contributed by atoms with Crippen LogP contribution in [-0.2, 0) is 6.67 Å². The zero-order chi connectivity index (χ0) is 18.8. The highest BCUT2D eigenvalue weighted by Crippen LogP contribution is 2.32. The van der Waals surface area contributed by atoms with Gasteiger partial charge in [-0.05, 0) is 37.1 Å². The number of benzene rings is 1. The number of rotatable bonds is 5. The Kier molecular flexibility index (Phi) is 5.38. The van der Waals surface area contributed by atoms with Crippen LogP contribution in [0.1, 0.15) is 23.5 Å². The lowest BCUT2D eigenvalue weighted by Gasteiger charge is -2.09. The maximum atomic E-state index is 13.0. The highest BCUT2D eigenvalue weighted by atomic mass is 35.5. The molecular formula is C19H15Cl2FN4S. The molecule has 0 amide bonds. The Bertz CT molecular complexity index is 1070. The van der Waals surface area contributed by atoms with Crippen molar-refractivity contribution in [1.29, 1.82) is 0 Å². The molecule has 0 saturated carbocycles. The van der Waals surface area contributed by atoms with E-state index in [4.69, 9.17) is 23.2 Å². The Morgan fingerprint density at radius 2 is 2.19 bits per heavy atom. The molecule has 2 aromatic heterocycles. The SMILES string of the molecule is FCc1nn2c(/C=C/CC3CC=CC=N3)c(-c3ccc(Cl)c(Cl)c3)nc2s1. The average Bonchev–Trinajstić information content (AvgIpc) is 3.23. The van der Waals surface area contributed by atoms with E-state index >= 15 is 0 Å². The molecule has 1 aliphatic rings. The molecule has 4 nitrogen and oxygen atoms in total. The van der Waals surface area contributed by atoms with Gasteiger partial charge in [-0.3, -0.25) is 4.99 Å². The number of imidazole rings is 1. The largest absolute Gasteiger partial charge is 0.289 e. The lowest BCUT2D eigenvalue weighted by Crippen LogP contribution is -2.04. The van der Waals surface area contributed by atoms with Crippen molar-refractivity contribution in [2.45, 2.75) is 25.6 Å². The molecule has 1 atom stereocenters. The van der Waals surface area contributed by atoms with E-state index in [-0.39, 0.29) is 6.04 Å². The van der Waals surface area contributed by atoms with Crippen LogP contribution in [0.25, 0.3) is 22.3 Å². The summed E-state index contributed by atoms with van der Waals surface area (Å²) in [5.74, 6) is 0. The highest BCUT2D eigenvalue weighted by molar-refractivity contribution is 7.16. The number of fused-ring (bicyclic) bond motifs is 1. The van der Waals surface area contributed by atoms with E-state index in [1.54, 1.807) is 16.6 Å². The second-order valence-electron chi connectivity index (χ2n) is 6.05. The Labute approximate surface area is 169 Å². The number of hydrogen-bond acceptors (Lipinski definition) is 4. The number of alkyl halides is 1. The molecule has 0 N–H and O–H groups in total. The van der Waals surface area contributed by atoms with Crippen LogP contribution in [0, 0.1) is 0 Å². The fourth-order valence-corrected chi connectivity index (χ4v) is 3.93. The summed E-state index contributed by atoms with van der Waals surface area (Å²) in [5, 5.41) is 5.67. The molecule has 1 unspecified atom stereocenters. The molecule has 0 spiro atoms. The number of nitrogens with zero attached hydrogens (tertiary/aromatic N) is 4. The molecule has 4 rings (SSSR count). The van der Waals surface area contributed by atoms with Gasteiger partial charge in [-0.15, -0.1) is 0 Å². The third-order valence-electron chi connectivity index (χ3n) is 4.20. The predicted octanol–water partition coefficient (Wildman–Crippen LogP) is 6.04. The smallest absolute Gasteiger partial charge is 0.213 e. The van der Waals surface area contributed by atoms with Crippen LogP contribution in [0.3, 0.4) is 0 Å². The molecule has 1 aromatic carbocycles. The Hall–Kier alpha value is -2.02. The molecule has 0 radical (unpaired) electrons. The van der Waals surface area contributed by atoms with Gasteiger partial charge in [0.15, 0.2) is 0 Å². The lowest BCUT2D eigenvalue weighted by atomic mass is 10.1. The molecule has 0 fully saturated rings. The van der Waals surface area contributed by atoms with E-state index in [0.29, 0.717) is 20.0 Å². The van der Waals surface area contributed by atoms with Crippen LogP contribution in [0.5, 0.6) is 0 Å². The van der Waals surface area contributed by atoms with E-state index < -0.39 is 6.67 Å². The van der Waals surface area contributed by atoms with Gasteiger partial charge < -0.3 is 0 Å². The molecule has 138 valence electrons. The molecule has 3 aromatic rings. The number of aromatic nitrogens is 3. The minimum absolute atomic E-state index is 0.236. The van der Waals surface area contributed by atoms with E-state index in [2.05, 4.69) is 27.2 Å². The first-order valence-corrected chi connectivity index (χ1v) is 9.97. The number of dihydropyridines is 1. The third-order valence-corrected chi connectivity index (χ3v) is 5.81. The van der Waals surface area contributed by atoms with Crippen molar-refractivity contribution < 1.29 is 4.39 Å². The van der Waals surface area contributed by atoms with E-state index in [1.165, 1.54) is 11.3 Å². The molecule has 27 heavy (non-hydrogen) atoms. The minimum atomic E-state index is -0.609. The van der Waals surface area contributed by atoms with E-state index in [9.17, 15) is 4.39 Å². The summed E-state index contributed by atoms with van der Waals surface area (Å²) in [6, 6.07) is 5.62. The van der Waals surface area contributed by atoms with Gasteiger partial charge in [-0.25, -0.2) is 13.9 Å². The van der Waals surface area contributed by atoms with Crippen molar-refractivity contribution in [3.63, 3.8) is 0 Å². The molecule has 1 aliphatic heterocycles. The zero-order valence-electron chi connectivity index (χ0n) is 14.1.